The maximum Gasteiger partial charge on any atom is 0.135 e. The summed E-state index contributed by atoms with van der Waals surface area (Å²) in [5.74, 6) is 2.06. The van der Waals surface area contributed by atoms with E-state index in [1.54, 1.807) is 11.8 Å². The zero-order valence-corrected chi connectivity index (χ0v) is 12.9. The predicted molar refractivity (Wildman–Crippen MR) is 83.2 cm³/mol. The minimum absolute atomic E-state index is 0.524. The lowest BCUT2D eigenvalue weighted by molar-refractivity contribution is 0.868. The predicted octanol–water partition coefficient (Wildman–Crippen LogP) is 4.01. The van der Waals surface area contributed by atoms with Gasteiger partial charge in [-0.1, -0.05) is 29.5 Å². The Bertz CT molecular complexity index is 663. The second kappa shape index (κ2) is 5.09. The lowest BCUT2D eigenvalue weighted by Crippen LogP contribution is -2.03. The molecular formula is C16H19N3S. The van der Waals surface area contributed by atoms with E-state index in [1.807, 2.05) is 6.92 Å². The van der Waals surface area contributed by atoms with E-state index in [-0.39, 0.29) is 0 Å². The molecule has 2 aromatic rings. The Morgan fingerprint density at radius 1 is 1.15 bits per heavy atom. The van der Waals surface area contributed by atoms with Crippen molar-refractivity contribution in [1.29, 1.82) is 0 Å². The Hall–Kier alpha value is -1.55. The molecule has 2 N–H and O–H groups in total. The lowest BCUT2D eigenvalue weighted by Gasteiger charge is -2.11. The maximum atomic E-state index is 6.04. The Kier molecular flexibility index (Phi) is 3.42. The molecule has 0 bridgehead atoms. The van der Waals surface area contributed by atoms with E-state index in [9.17, 15) is 0 Å². The van der Waals surface area contributed by atoms with Gasteiger partial charge in [0.25, 0.3) is 0 Å². The number of anilines is 1. The molecule has 0 radical (unpaired) electrons. The van der Waals surface area contributed by atoms with Crippen molar-refractivity contribution in [2.75, 3.05) is 5.73 Å². The van der Waals surface area contributed by atoms with E-state index < -0.39 is 0 Å². The monoisotopic (exact) mass is 285 g/mol. The fourth-order valence-electron chi connectivity index (χ4n) is 2.17. The minimum atomic E-state index is 0.524. The van der Waals surface area contributed by atoms with E-state index >= 15 is 0 Å². The number of nitrogens with two attached hydrogens (primary N) is 1. The number of benzene rings is 1. The fraction of sp³-hybridized carbons (Fsp3) is 0.375. The van der Waals surface area contributed by atoms with Crippen LogP contribution >= 0.6 is 11.8 Å². The molecule has 1 fully saturated rings. The second-order valence-corrected chi connectivity index (χ2v) is 6.57. The highest BCUT2D eigenvalue weighted by Gasteiger charge is 2.28. The minimum Gasteiger partial charge on any atom is -0.383 e. The third kappa shape index (κ3) is 2.66. The van der Waals surface area contributed by atoms with Gasteiger partial charge in [-0.2, -0.15) is 0 Å². The highest BCUT2D eigenvalue weighted by atomic mass is 32.2. The summed E-state index contributed by atoms with van der Waals surface area (Å²) in [4.78, 5) is 10.4. The van der Waals surface area contributed by atoms with Crippen molar-refractivity contribution >= 4 is 17.6 Å². The van der Waals surface area contributed by atoms with Crippen LogP contribution in [0, 0.1) is 20.8 Å². The number of aromatic nitrogens is 2. The topological polar surface area (TPSA) is 51.8 Å². The molecule has 20 heavy (non-hydrogen) atoms. The van der Waals surface area contributed by atoms with Gasteiger partial charge in [0.05, 0.1) is 0 Å². The van der Waals surface area contributed by atoms with Crippen molar-refractivity contribution in [3.8, 4) is 0 Å². The first-order valence-corrected chi connectivity index (χ1v) is 7.75. The zero-order valence-electron chi connectivity index (χ0n) is 12.1. The summed E-state index contributed by atoms with van der Waals surface area (Å²) in [6.07, 6.45) is 2.38. The normalized spacial score (nSPS) is 14.6. The molecule has 1 aromatic heterocycles. The molecular weight excluding hydrogens is 266 g/mol. The van der Waals surface area contributed by atoms with E-state index in [0.29, 0.717) is 11.7 Å². The van der Waals surface area contributed by atoms with Gasteiger partial charge in [-0.15, -0.1) is 0 Å². The first kappa shape index (κ1) is 13.4. The van der Waals surface area contributed by atoms with Crippen LogP contribution in [0.2, 0.25) is 0 Å². The average molecular weight is 285 g/mol. The van der Waals surface area contributed by atoms with Crippen molar-refractivity contribution < 1.29 is 0 Å². The highest BCUT2D eigenvalue weighted by Crippen LogP contribution is 2.40. The van der Waals surface area contributed by atoms with E-state index in [0.717, 1.165) is 16.4 Å². The second-order valence-electron chi connectivity index (χ2n) is 5.54. The van der Waals surface area contributed by atoms with Gasteiger partial charge >= 0.3 is 0 Å². The van der Waals surface area contributed by atoms with Crippen molar-refractivity contribution in [3.63, 3.8) is 0 Å². The molecule has 1 aromatic carbocycles. The summed E-state index contributed by atoms with van der Waals surface area (Å²) in [5, 5.41) is 0.992. The molecule has 1 saturated carbocycles. The number of hydrogen-bond acceptors (Lipinski definition) is 4. The Balaban J connectivity index is 1.97. The zero-order chi connectivity index (χ0) is 14.3. The number of rotatable bonds is 3. The van der Waals surface area contributed by atoms with E-state index in [4.69, 9.17) is 10.7 Å². The summed E-state index contributed by atoms with van der Waals surface area (Å²) in [6, 6.07) is 6.49. The van der Waals surface area contributed by atoms with Crippen LogP contribution in [0.25, 0.3) is 0 Å². The number of nitrogen functional groups attached to an aromatic ring is 1. The molecule has 104 valence electrons. The van der Waals surface area contributed by atoms with Crippen LogP contribution in [-0.4, -0.2) is 9.97 Å². The summed E-state index contributed by atoms with van der Waals surface area (Å²) >= 11 is 1.69. The fourth-order valence-corrected chi connectivity index (χ4v) is 3.13. The van der Waals surface area contributed by atoms with Crippen LogP contribution in [0.15, 0.2) is 28.1 Å². The van der Waals surface area contributed by atoms with Crippen molar-refractivity contribution in [1.82, 2.24) is 9.97 Å². The number of aryl methyl sites for hydroxylation is 2. The van der Waals surface area contributed by atoms with Crippen LogP contribution in [0.5, 0.6) is 0 Å². The molecule has 3 rings (SSSR count). The first-order valence-electron chi connectivity index (χ1n) is 6.93. The smallest absolute Gasteiger partial charge is 0.135 e. The summed E-state index contributed by atoms with van der Waals surface area (Å²) in [6.45, 7) is 6.25. The van der Waals surface area contributed by atoms with Gasteiger partial charge < -0.3 is 5.73 Å². The molecule has 1 heterocycles. The van der Waals surface area contributed by atoms with Gasteiger partial charge in [0.1, 0.15) is 16.7 Å². The molecule has 3 nitrogen and oxygen atoms in total. The van der Waals surface area contributed by atoms with Crippen LogP contribution in [-0.2, 0) is 0 Å². The standard InChI is InChI=1S/C16H19N3S/c1-9-4-7-13(10(2)8-9)20-16-11(3)14(17)18-15(19-16)12-5-6-12/h4,7-8,12H,5-6H2,1-3H3,(H2,17,18,19). The Morgan fingerprint density at radius 3 is 2.55 bits per heavy atom. The van der Waals surface area contributed by atoms with Gasteiger partial charge in [-0.25, -0.2) is 9.97 Å². The van der Waals surface area contributed by atoms with Gasteiger partial charge in [0.2, 0.25) is 0 Å². The molecule has 0 amide bonds. The quantitative estimate of drug-likeness (QED) is 0.866. The SMILES string of the molecule is Cc1ccc(Sc2nc(C3CC3)nc(N)c2C)c(C)c1. The molecule has 1 aliphatic rings. The van der Waals surface area contributed by atoms with Gasteiger partial charge in [0.15, 0.2) is 0 Å². The van der Waals surface area contributed by atoms with Crippen molar-refractivity contribution in [3.05, 3.63) is 40.7 Å². The van der Waals surface area contributed by atoms with Crippen LogP contribution in [0.1, 0.15) is 41.3 Å². The first-order chi connectivity index (χ1) is 9.54. The molecule has 0 unspecified atom stereocenters. The summed E-state index contributed by atoms with van der Waals surface area (Å²) in [5.41, 5.74) is 9.58. The number of hydrogen-bond donors (Lipinski definition) is 1. The van der Waals surface area contributed by atoms with Crippen LogP contribution < -0.4 is 5.73 Å². The molecule has 0 aliphatic heterocycles. The molecule has 0 atom stereocenters. The molecule has 0 spiro atoms. The van der Waals surface area contributed by atoms with Crippen molar-refractivity contribution in [2.24, 2.45) is 0 Å². The van der Waals surface area contributed by atoms with Crippen LogP contribution in [0.4, 0.5) is 5.82 Å². The van der Waals surface area contributed by atoms with Gasteiger partial charge in [-0.3, -0.25) is 0 Å². The van der Waals surface area contributed by atoms with E-state index in [1.165, 1.54) is 28.9 Å². The maximum absolute atomic E-state index is 6.04. The highest BCUT2D eigenvalue weighted by molar-refractivity contribution is 7.99. The van der Waals surface area contributed by atoms with Gasteiger partial charge in [0, 0.05) is 16.4 Å². The summed E-state index contributed by atoms with van der Waals surface area (Å²) < 4.78 is 0. The van der Waals surface area contributed by atoms with Gasteiger partial charge in [-0.05, 0) is 45.2 Å². The average Bonchev–Trinajstić information content (AvgIpc) is 3.22. The molecule has 1 aliphatic carbocycles. The third-order valence-electron chi connectivity index (χ3n) is 3.64. The largest absolute Gasteiger partial charge is 0.383 e. The Morgan fingerprint density at radius 2 is 1.90 bits per heavy atom. The number of nitrogens with zero attached hydrogens (tertiary/aromatic N) is 2. The Labute approximate surface area is 124 Å². The van der Waals surface area contributed by atoms with Crippen LogP contribution in [0.3, 0.4) is 0 Å². The third-order valence-corrected chi connectivity index (χ3v) is 4.90. The molecule has 4 heteroatoms. The lowest BCUT2D eigenvalue weighted by atomic mass is 10.2. The molecule has 0 saturated heterocycles. The summed E-state index contributed by atoms with van der Waals surface area (Å²) in [7, 11) is 0. The van der Waals surface area contributed by atoms with E-state index in [2.05, 4.69) is 37.0 Å². The van der Waals surface area contributed by atoms with Crippen molar-refractivity contribution in [2.45, 2.75) is 49.5 Å².